The fourth-order valence-electron chi connectivity index (χ4n) is 4.55. The molecule has 2 N–H and O–H groups in total. The molecule has 2 aliphatic rings. The first-order valence-electron chi connectivity index (χ1n) is 11.4. The summed E-state index contributed by atoms with van der Waals surface area (Å²) in [6.45, 7) is 9.03. The second-order valence-corrected chi connectivity index (χ2v) is 9.55. The Morgan fingerprint density at radius 3 is 2.50 bits per heavy atom. The van der Waals surface area contributed by atoms with Gasteiger partial charge in [-0.25, -0.2) is 9.59 Å². The van der Waals surface area contributed by atoms with E-state index in [4.69, 9.17) is 4.74 Å². The predicted octanol–water partition coefficient (Wildman–Crippen LogP) is 2.82. The van der Waals surface area contributed by atoms with Gasteiger partial charge in [-0.1, -0.05) is 12.1 Å². The highest BCUT2D eigenvalue weighted by Crippen LogP contribution is 2.40. The summed E-state index contributed by atoms with van der Waals surface area (Å²) in [7, 11) is 0. The highest BCUT2D eigenvalue weighted by atomic mass is 32.1. The number of pyridine rings is 1. The molecule has 0 amide bonds. The van der Waals surface area contributed by atoms with E-state index in [-0.39, 0.29) is 12.2 Å². The molecule has 1 saturated heterocycles. The van der Waals surface area contributed by atoms with E-state index in [2.05, 4.69) is 26.2 Å². The predicted molar refractivity (Wildman–Crippen MR) is 130 cm³/mol. The molecule has 9 heteroatoms. The monoisotopic (exact) mass is 482 g/mol. The molecule has 8 nitrogen and oxygen atoms in total. The number of esters is 1. The van der Waals surface area contributed by atoms with Crippen LogP contribution in [0, 0.1) is 0 Å². The molecule has 1 atom stereocenters. The van der Waals surface area contributed by atoms with Crippen LogP contribution in [-0.4, -0.2) is 71.2 Å². The molecule has 0 aliphatic carbocycles. The lowest BCUT2D eigenvalue weighted by Crippen LogP contribution is -2.47. The van der Waals surface area contributed by atoms with Crippen molar-refractivity contribution in [3.8, 4) is 0 Å². The molecule has 1 fully saturated rings. The highest BCUT2D eigenvalue weighted by molar-refractivity contribution is 7.10. The van der Waals surface area contributed by atoms with Crippen molar-refractivity contribution >= 4 is 23.3 Å². The molecule has 0 saturated carbocycles. The number of aromatic nitrogens is 1. The molecular formula is C25H30N4O4S. The Morgan fingerprint density at radius 2 is 1.85 bits per heavy atom. The average molecular weight is 483 g/mol. The molecule has 180 valence electrons. The van der Waals surface area contributed by atoms with Crippen LogP contribution in [0.3, 0.4) is 0 Å². The summed E-state index contributed by atoms with van der Waals surface area (Å²) < 4.78 is 5.66. The summed E-state index contributed by atoms with van der Waals surface area (Å²) in [4.78, 5) is 34.8. The topological polar surface area (TPSA) is 95.0 Å². The van der Waals surface area contributed by atoms with E-state index in [0.717, 1.165) is 37.6 Å². The lowest BCUT2D eigenvalue weighted by atomic mass is 9.84. The van der Waals surface area contributed by atoms with E-state index in [1.807, 2.05) is 29.8 Å². The number of piperazine rings is 1. The molecule has 34 heavy (non-hydrogen) atoms. The summed E-state index contributed by atoms with van der Waals surface area (Å²) in [6, 6.07) is 7.77. The maximum atomic E-state index is 13.1. The molecule has 1 unspecified atom stereocenters. The number of carbonyl (C=O) groups excluding carboxylic acids is 1. The Hall–Kier alpha value is -3.01. The molecule has 0 aromatic carbocycles. The van der Waals surface area contributed by atoms with Crippen LogP contribution in [0.4, 0.5) is 0 Å². The minimum atomic E-state index is -1.04. The summed E-state index contributed by atoms with van der Waals surface area (Å²) >= 11 is 1.44. The standard InChI is InChI=1S/C25H30N4O4S/c1-17-21(24(30)31)23(20-6-4-14-34-20)22(18(2)27-17)25(32)33-13-12-28-8-10-29(11-9-28)16-19-5-3-7-26-15-19/h3-7,14-15,23,27H,8-13,16H2,1-2H3,(H,30,31). The van der Waals surface area contributed by atoms with Gasteiger partial charge in [-0.2, -0.15) is 0 Å². The van der Waals surface area contributed by atoms with Crippen molar-refractivity contribution in [2.24, 2.45) is 0 Å². The van der Waals surface area contributed by atoms with E-state index in [0.29, 0.717) is 23.5 Å². The van der Waals surface area contributed by atoms with Crippen LogP contribution in [0.2, 0.25) is 0 Å². The second-order valence-electron chi connectivity index (χ2n) is 8.57. The Bertz CT molecular complexity index is 1070. The van der Waals surface area contributed by atoms with Crippen LogP contribution >= 0.6 is 11.3 Å². The molecule has 0 bridgehead atoms. The van der Waals surface area contributed by atoms with Gasteiger partial charge < -0.3 is 15.2 Å². The summed E-state index contributed by atoms with van der Waals surface area (Å²) in [6.07, 6.45) is 3.69. The van der Waals surface area contributed by atoms with E-state index in [9.17, 15) is 14.7 Å². The zero-order valence-corrected chi connectivity index (χ0v) is 20.3. The Labute approximate surface area is 203 Å². The number of hydrogen-bond acceptors (Lipinski definition) is 8. The number of thiophene rings is 1. The van der Waals surface area contributed by atoms with E-state index >= 15 is 0 Å². The minimum absolute atomic E-state index is 0.185. The van der Waals surface area contributed by atoms with E-state index in [1.165, 1.54) is 16.9 Å². The molecule has 4 rings (SSSR count). The van der Waals surface area contributed by atoms with Gasteiger partial charge in [0.25, 0.3) is 0 Å². The summed E-state index contributed by atoms with van der Waals surface area (Å²) in [5.74, 6) is -2.14. The van der Waals surface area contributed by atoms with Crippen molar-refractivity contribution < 1.29 is 19.4 Å². The number of dihydropyridines is 1. The number of carboxylic acid groups (broad SMARTS) is 1. The number of aliphatic carboxylic acids is 1. The number of ether oxygens (including phenoxy) is 1. The zero-order valence-electron chi connectivity index (χ0n) is 19.5. The molecule has 2 aliphatic heterocycles. The van der Waals surface area contributed by atoms with Crippen LogP contribution in [0.5, 0.6) is 0 Å². The number of carbonyl (C=O) groups is 2. The summed E-state index contributed by atoms with van der Waals surface area (Å²) in [5, 5.41) is 14.8. The quantitative estimate of drug-likeness (QED) is 0.555. The van der Waals surface area contributed by atoms with Gasteiger partial charge in [0.2, 0.25) is 0 Å². The molecule has 0 spiro atoms. The van der Waals surface area contributed by atoms with E-state index < -0.39 is 17.9 Å². The van der Waals surface area contributed by atoms with Crippen LogP contribution in [0.1, 0.15) is 30.2 Å². The maximum absolute atomic E-state index is 13.1. The van der Waals surface area contributed by atoms with Crippen LogP contribution < -0.4 is 5.32 Å². The first-order valence-corrected chi connectivity index (χ1v) is 12.3. The first kappa shape index (κ1) is 24.1. The van der Waals surface area contributed by atoms with Crippen molar-refractivity contribution in [1.29, 1.82) is 0 Å². The van der Waals surface area contributed by atoms with Crippen LogP contribution in [-0.2, 0) is 20.9 Å². The van der Waals surface area contributed by atoms with E-state index in [1.54, 1.807) is 20.0 Å². The Kier molecular flexibility index (Phi) is 7.77. The average Bonchev–Trinajstić information content (AvgIpc) is 3.35. The first-order chi connectivity index (χ1) is 16.4. The smallest absolute Gasteiger partial charge is 0.336 e. The third-order valence-electron chi connectivity index (χ3n) is 6.27. The lowest BCUT2D eigenvalue weighted by molar-refractivity contribution is -0.140. The van der Waals surface area contributed by atoms with Gasteiger partial charge in [0.05, 0.1) is 17.1 Å². The SMILES string of the molecule is CC1=C(C(=O)O)C(c2cccs2)C(C(=O)OCCN2CCN(Cc3cccnc3)CC2)=C(C)N1. The number of nitrogens with one attached hydrogen (secondary N) is 1. The van der Waals surface area contributed by atoms with Gasteiger partial charge in [0, 0.05) is 67.9 Å². The van der Waals surface area contributed by atoms with Crippen molar-refractivity contribution in [2.45, 2.75) is 26.3 Å². The molecule has 4 heterocycles. The molecule has 0 radical (unpaired) electrons. The molecular weight excluding hydrogens is 452 g/mol. The highest BCUT2D eigenvalue weighted by Gasteiger charge is 2.37. The largest absolute Gasteiger partial charge is 0.478 e. The van der Waals surface area contributed by atoms with Gasteiger partial charge in [-0.3, -0.25) is 14.8 Å². The van der Waals surface area contributed by atoms with Crippen molar-refractivity contribution in [2.75, 3.05) is 39.3 Å². The number of carboxylic acids is 1. The van der Waals surface area contributed by atoms with Crippen molar-refractivity contribution in [1.82, 2.24) is 20.1 Å². The molecule has 2 aromatic rings. The van der Waals surface area contributed by atoms with Crippen molar-refractivity contribution in [3.63, 3.8) is 0 Å². The zero-order chi connectivity index (χ0) is 24.1. The number of nitrogens with zero attached hydrogens (tertiary/aromatic N) is 3. The fourth-order valence-corrected chi connectivity index (χ4v) is 5.40. The molecule has 2 aromatic heterocycles. The maximum Gasteiger partial charge on any atom is 0.336 e. The number of rotatable bonds is 8. The number of hydrogen-bond donors (Lipinski definition) is 2. The van der Waals surface area contributed by atoms with Gasteiger partial charge in [0.1, 0.15) is 6.61 Å². The van der Waals surface area contributed by atoms with Crippen LogP contribution in [0.15, 0.2) is 64.6 Å². The number of allylic oxidation sites excluding steroid dienone is 2. The Morgan fingerprint density at radius 1 is 1.12 bits per heavy atom. The third kappa shape index (κ3) is 5.55. The van der Waals surface area contributed by atoms with Gasteiger partial charge in [0.15, 0.2) is 0 Å². The van der Waals surface area contributed by atoms with Crippen molar-refractivity contribution in [3.05, 3.63) is 75.0 Å². The normalized spacial score (nSPS) is 19.8. The van der Waals surface area contributed by atoms with Gasteiger partial charge >= 0.3 is 11.9 Å². The minimum Gasteiger partial charge on any atom is -0.478 e. The Balaban J connectivity index is 1.33. The van der Waals surface area contributed by atoms with Gasteiger partial charge in [-0.05, 0) is 36.9 Å². The second kappa shape index (κ2) is 10.9. The van der Waals surface area contributed by atoms with Gasteiger partial charge in [-0.15, -0.1) is 11.3 Å². The van der Waals surface area contributed by atoms with Crippen LogP contribution in [0.25, 0.3) is 0 Å². The third-order valence-corrected chi connectivity index (χ3v) is 7.21. The summed E-state index contributed by atoms with van der Waals surface area (Å²) in [5.41, 5.74) is 2.94. The lowest BCUT2D eigenvalue weighted by Gasteiger charge is -2.34. The fraction of sp³-hybridized carbons (Fsp3) is 0.400.